The lowest BCUT2D eigenvalue weighted by atomic mass is 10.0. The predicted molar refractivity (Wildman–Crippen MR) is 91.5 cm³/mol. The second kappa shape index (κ2) is 6.63. The molecule has 3 nitrogen and oxygen atoms in total. The monoisotopic (exact) mass is 350 g/mol. The Labute approximate surface area is 142 Å². The van der Waals surface area contributed by atoms with Crippen LogP contribution in [0, 0.1) is 6.92 Å². The van der Waals surface area contributed by atoms with E-state index in [-0.39, 0.29) is 12.7 Å². The number of hydrogen-bond donors (Lipinski definition) is 0. The SMILES string of the molecule is Cc1cccc(S(=O)(=O)C2CCC(c3ccc(Cl)cc3)OC2)c1. The van der Waals surface area contributed by atoms with Gasteiger partial charge in [-0.1, -0.05) is 35.9 Å². The molecular formula is C18H19ClO3S. The van der Waals surface area contributed by atoms with Crippen molar-refractivity contribution in [1.29, 1.82) is 0 Å². The van der Waals surface area contributed by atoms with Crippen LogP contribution in [0.1, 0.15) is 30.1 Å². The van der Waals surface area contributed by atoms with E-state index in [1.807, 2.05) is 37.3 Å². The Hall–Kier alpha value is -1.36. The van der Waals surface area contributed by atoms with Crippen LogP contribution < -0.4 is 0 Å². The molecule has 2 atom stereocenters. The summed E-state index contributed by atoms with van der Waals surface area (Å²) in [7, 11) is -3.34. The van der Waals surface area contributed by atoms with Gasteiger partial charge in [-0.25, -0.2) is 8.42 Å². The highest BCUT2D eigenvalue weighted by molar-refractivity contribution is 7.92. The van der Waals surface area contributed by atoms with E-state index in [9.17, 15) is 8.42 Å². The van der Waals surface area contributed by atoms with Crippen molar-refractivity contribution in [3.63, 3.8) is 0 Å². The first-order valence-corrected chi connectivity index (χ1v) is 9.57. The fraction of sp³-hybridized carbons (Fsp3) is 0.333. The fourth-order valence-corrected chi connectivity index (χ4v) is 4.73. The maximum Gasteiger partial charge on any atom is 0.183 e. The Kier molecular flexibility index (Phi) is 4.76. The molecule has 0 spiro atoms. The van der Waals surface area contributed by atoms with Gasteiger partial charge in [0.05, 0.1) is 22.9 Å². The molecule has 0 bridgehead atoms. The van der Waals surface area contributed by atoms with Crippen molar-refractivity contribution in [2.24, 2.45) is 0 Å². The van der Waals surface area contributed by atoms with Crippen molar-refractivity contribution in [1.82, 2.24) is 0 Å². The van der Waals surface area contributed by atoms with Crippen molar-refractivity contribution < 1.29 is 13.2 Å². The van der Waals surface area contributed by atoms with E-state index in [4.69, 9.17) is 16.3 Å². The molecule has 1 aliphatic heterocycles. The van der Waals surface area contributed by atoms with Gasteiger partial charge < -0.3 is 4.74 Å². The van der Waals surface area contributed by atoms with Crippen molar-refractivity contribution in [3.05, 3.63) is 64.7 Å². The molecule has 0 radical (unpaired) electrons. The minimum Gasteiger partial charge on any atom is -0.372 e. The molecule has 0 aromatic heterocycles. The highest BCUT2D eigenvalue weighted by Crippen LogP contribution is 2.33. The van der Waals surface area contributed by atoms with E-state index in [1.165, 1.54) is 0 Å². The third kappa shape index (κ3) is 3.60. The molecule has 122 valence electrons. The normalized spacial score (nSPS) is 22.0. The molecule has 0 aliphatic carbocycles. The Morgan fingerprint density at radius 1 is 1.09 bits per heavy atom. The molecule has 0 N–H and O–H groups in total. The summed E-state index contributed by atoms with van der Waals surface area (Å²) >= 11 is 5.89. The van der Waals surface area contributed by atoms with E-state index in [2.05, 4.69) is 0 Å². The number of rotatable bonds is 3. The van der Waals surface area contributed by atoms with E-state index in [0.717, 1.165) is 11.1 Å². The Balaban J connectivity index is 1.72. The van der Waals surface area contributed by atoms with Crippen LogP contribution in [0.5, 0.6) is 0 Å². The Morgan fingerprint density at radius 3 is 2.43 bits per heavy atom. The number of aryl methyl sites for hydroxylation is 1. The summed E-state index contributed by atoms with van der Waals surface area (Å²) in [5, 5.41) is 0.206. The summed E-state index contributed by atoms with van der Waals surface area (Å²) in [6.07, 6.45) is 1.23. The molecular weight excluding hydrogens is 332 g/mol. The smallest absolute Gasteiger partial charge is 0.183 e. The lowest BCUT2D eigenvalue weighted by molar-refractivity contribution is 0.0171. The van der Waals surface area contributed by atoms with Crippen LogP contribution in [0.3, 0.4) is 0 Å². The van der Waals surface area contributed by atoms with Crippen LogP contribution in [0.15, 0.2) is 53.4 Å². The van der Waals surface area contributed by atoms with Gasteiger partial charge in [0.25, 0.3) is 0 Å². The predicted octanol–water partition coefficient (Wildman–Crippen LogP) is 4.34. The fourth-order valence-electron chi connectivity index (χ4n) is 2.90. The average Bonchev–Trinajstić information content (AvgIpc) is 2.56. The van der Waals surface area contributed by atoms with Gasteiger partial charge in [-0.15, -0.1) is 0 Å². The Morgan fingerprint density at radius 2 is 1.83 bits per heavy atom. The maximum absolute atomic E-state index is 12.7. The van der Waals surface area contributed by atoms with Crippen LogP contribution in [-0.4, -0.2) is 20.3 Å². The second-order valence-corrected chi connectivity index (χ2v) is 8.60. The summed E-state index contributed by atoms with van der Waals surface area (Å²) in [5.41, 5.74) is 1.99. The maximum atomic E-state index is 12.7. The molecule has 2 aromatic rings. The van der Waals surface area contributed by atoms with Crippen LogP contribution in [0.2, 0.25) is 5.02 Å². The first kappa shape index (κ1) is 16.5. The molecule has 0 amide bonds. The zero-order valence-electron chi connectivity index (χ0n) is 12.9. The van der Waals surface area contributed by atoms with Gasteiger partial charge in [-0.05, 0) is 55.2 Å². The van der Waals surface area contributed by atoms with E-state index in [0.29, 0.717) is 22.8 Å². The average molecular weight is 351 g/mol. The number of benzene rings is 2. The molecule has 1 aliphatic rings. The van der Waals surface area contributed by atoms with Crippen LogP contribution >= 0.6 is 11.6 Å². The van der Waals surface area contributed by atoms with E-state index in [1.54, 1.807) is 18.2 Å². The van der Waals surface area contributed by atoms with Crippen molar-refractivity contribution in [3.8, 4) is 0 Å². The van der Waals surface area contributed by atoms with Gasteiger partial charge in [0, 0.05) is 5.02 Å². The standard InChI is InChI=1S/C18H19ClO3S/c1-13-3-2-4-16(11-13)23(20,21)17-9-10-18(22-12-17)14-5-7-15(19)8-6-14/h2-8,11,17-18H,9-10,12H2,1H3. The van der Waals surface area contributed by atoms with Gasteiger partial charge in [0.2, 0.25) is 0 Å². The number of halogens is 1. The molecule has 0 saturated carbocycles. The number of ether oxygens (including phenoxy) is 1. The molecule has 2 unspecified atom stereocenters. The first-order chi connectivity index (χ1) is 11.0. The zero-order chi connectivity index (χ0) is 16.4. The van der Waals surface area contributed by atoms with Gasteiger partial charge in [0.1, 0.15) is 0 Å². The summed E-state index contributed by atoms with van der Waals surface area (Å²) in [6, 6.07) is 14.6. The number of hydrogen-bond acceptors (Lipinski definition) is 3. The highest BCUT2D eigenvalue weighted by atomic mass is 35.5. The molecule has 2 aromatic carbocycles. The van der Waals surface area contributed by atoms with Crippen molar-refractivity contribution in [2.75, 3.05) is 6.61 Å². The molecule has 23 heavy (non-hydrogen) atoms. The van der Waals surface area contributed by atoms with Gasteiger partial charge in [0.15, 0.2) is 9.84 Å². The minimum atomic E-state index is -3.34. The summed E-state index contributed by atoms with van der Waals surface area (Å²) in [5.74, 6) is 0. The van der Waals surface area contributed by atoms with Gasteiger partial charge in [-0.2, -0.15) is 0 Å². The van der Waals surface area contributed by atoms with Crippen LogP contribution in [-0.2, 0) is 14.6 Å². The number of sulfone groups is 1. The van der Waals surface area contributed by atoms with Crippen molar-refractivity contribution in [2.45, 2.75) is 36.0 Å². The third-order valence-electron chi connectivity index (χ3n) is 4.23. The largest absolute Gasteiger partial charge is 0.372 e. The highest BCUT2D eigenvalue weighted by Gasteiger charge is 2.33. The second-order valence-electron chi connectivity index (χ2n) is 5.93. The lowest BCUT2D eigenvalue weighted by Crippen LogP contribution is -2.32. The van der Waals surface area contributed by atoms with Crippen molar-refractivity contribution >= 4 is 21.4 Å². The molecule has 1 heterocycles. The molecule has 1 fully saturated rings. The summed E-state index contributed by atoms with van der Waals surface area (Å²) in [6.45, 7) is 2.12. The lowest BCUT2D eigenvalue weighted by Gasteiger charge is -2.29. The summed E-state index contributed by atoms with van der Waals surface area (Å²) < 4.78 is 31.3. The topological polar surface area (TPSA) is 43.4 Å². The molecule has 3 rings (SSSR count). The summed E-state index contributed by atoms with van der Waals surface area (Å²) in [4.78, 5) is 0.385. The quantitative estimate of drug-likeness (QED) is 0.826. The third-order valence-corrected chi connectivity index (χ3v) is 6.65. The van der Waals surface area contributed by atoms with Crippen LogP contribution in [0.4, 0.5) is 0 Å². The molecule has 1 saturated heterocycles. The Bertz CT molecular complexity index is 776. The van der Waals surface area contributed by atoms with Gasteiger partial charge in [-0.3, -0.25) is 0 Å². The minimum absolute atomic E-state index is 0.0590. The van der Waals surface area contributed by atoms with Gasteiger partial charge >= 0.3 is 0 Å². The van der Waals surface area contributed by atoms with E-state index >= 15 is 0 Å². The first-order valence-electron chi connectivity index (χ1n) is 7.64. The zero-order valence-corrected chi connectivity index (χ0v) is 14.5. The van der Waals surface area contributed by atoms with Crippen LogP contribution in [0.25, 0.3) is 0 Å². The molecule has 5 heteroatoms. The van der Waals surface area contributed by atoms with E-state index < -0.39 is 15.1 Å².